The van der Waals surface area contributed by atoms with Crippen LogP contribution in [-0.4, -0.2) is 6.26 Å². The molecule has 0 unspecified atom stereocenters. The van der Waals surface area contributed by atoms with Crippen LogP contribution in [0.15, 0.2) is 10.3 Å². The lowest BCUT2D eigenvalue weighted by Crippen LogP contribution is -1.87. The first kappa shape index (κ1) is 10.6. The van der Waals surface area contributed by atoms with Gasteiger partial charge in [-0.3, -0.25) is 0 Å². The zero-order valence-corrected chi connectivity index (χ0v) is 9.08. The first-order valence-corrected chi connectivity index (χ1v) is 5.71. The van der Waals surface area contributed by atoms with E-state index in [0.717, 1.165) is 9.09 Å². The Morgan fingerprint density at radius 3 is 2.64 bits per heavy atom. The van der Waals surface area contributed by atoms with Gasteiger partial charge >= 0.3 is 0 Å². The minimum atomic E-state index is 0.466. The maximum atomic E-state index is 8.84. The quantitative estimate of drug-likeness (QED) is 0.615. The average molecular weight is 221 g/mol. The summed E-state index contributed by atoms with van der Waals surface area (Å²) in [7, 11) is 0. The summed E-state index contributed by atoms with van der Waals surface area (Å²) >= 11 is 2.92. The van der Waals surface area contributed by atoms with Gasteiger partial charge in [0.05, 0.1) is 26.4 Å². The topological polar surface area (TPSA) is 73.6 Å². The van der Waals surface area contributed by atoms with Gasteiger partial charge in [-0.15, -0.1) is 23.1 Å². The largest absolute Gasteiger partial charge is 0.396 e. The van der Waals surface area contributed by atoms with Crippen molar-refractivity contribution in [2.45, 2.75) is 4.21 Å². The fourth-order valence-electron chi connectivity index (χ4n) is 0.925. The molecule has 0 bridgehead atoms. The zero-order valence-electron chi connectivity index (χ0n) is 7.44. The van der Waals surface area contributed by atoms with E-state index in [4.69, 9.17) is 16.3 Å². The first-order chi connectivity index (χ1) is 6.74. The molecule has 1 heterocycles. The number of nitrogen functional groups attached to an aromatic ring is 1. The lowest BCUT2D eigenvalue weighted by Gasteiger charge is -1.89. The number of nitrogens with zero attached hydrogens (tertiary/aromatic N) is 2. The van der Waals surface area contributed by atoms with Gasteiger partial charge in [0.1, 0.15) is 6.07 Å². The Hall–Kier alpha value is -1.43. The zero-order chi connectivity index (χ0) is 10.6. The molecule has 14 heavy (non-hydrogen) atoms. The lowest BCUT2D eigenvalue weighted by atomic mass is 10.2. The van der Waals surface area contributed by atoms with Crippen molar-refractivity contribution in [1.82, 2.24) is 0 Å². The van der Waals surface area contributed by atoms with E-state index in [1.807, 2.05) is 12.3 Å². The number of hydrogen-bond acceptors (Lipinski definition) is 5. The molecule has 0 saturated heterocycles. The van der Waals surface area contributed by atoms with Crippen LogP contribution in [0.25, 0.3) is 6.08 Å². The third kappa shape index (κ3) is 1.90. The lowest BCUT2D eigenvalue weighted by molar-refractivity contribution is 1.47. The van der Waals surface area contributed by atoms with Crippen molar-refractivity contribution >= 4 is 34.9 Å². The molecule has 0 saturated carbocycles. The standard InChI is InChI=1S/C9H7N3S2/c1-13-9-6(5-11)8(12)7(14-9)3-2-4-10/h2-3H,12H2,1H3/b3-2+. The van der Waals surface area contributed by atoms with Crippen LogP contribution in [0.4, 0.5) is 5.69 Å². The minimum absolute atomic E-state index is 0.466. The van der Waals surface area contributed by atoms with Gasteiger partial charge in [0, 0.05) is 6.08 Å². The highest BCUT2D eigenvalue weighted by Gasteiger charge is 2.12. The second-order valence-electron chi connectivity index (χ2n) is 2.32. The van der Waals surface area contributed by atoms with Crippen LogP contribution < -0.4 is 5.73 Å². The van der Waals surface area contributed by atoms with Crippen LogP contribution in [0.3, 0.4) is 0 Å². The van der Waals surface area contributed by atoms with Crippen LogP contribution in [0, 0.1) is 22.7 Å². The molecule has 1 aromatic rings. The molecule has 5 heteroatoms. The van der Waals surface area contributed by atoms with Crippen molar-refractivity contribution < 1.29 is 0 Å². The van der Waals surface area contributed by atoms with Crippen LogP contribution in [0.2, 0.25) is 0 Å². The van der Waals surface area contributed by atoms with E-state index in [-0.39, 0.29) is 0 Å². The second-order valence-corrected chi connectivity index (χ2v) is 4.45. The number of anilines is 1. The summed E-state index contributed by atoms with van der Waals surface area (Å²) in [4.78, 5) is 0.771. The van der Waals surface area contributed by atoms with Crippen LogP contribution in [0.1, 0.15) is 10.4 Å². The van der Waals surface area contributed by atoms with Crippen molar-refractivity contribution in [2.75, 3.05) is 12.0 Å². The van der Waals surface area contributed by atoms with Crippen molar-refractivity contribution in [3.63, 3.8) is 0 Å². The highest BCUT2D eigenvalue weighted by molar-refractivity contribution is 8.00. The van der Waals surface area contributed by atoms with E-state index in [1.54, 1.807) is 6.08 Å². The molecule has 3 nitrogen and oxygen atoms in total. The predicted octanol–water partition coefficient (Wildman–Crippen LogP) is 2.46. The number of nitrogens with two attached hydrogens (primary N) is 1. The van der Waals surface area contributed by atoms with Gasteiger partial charge in [-0.05, 0) is 12.3 Å². The molecule has 0 aliphatic carbocycles. The molecule has 1 rings (SSSR count). The summed E-state index contributed by atoms with van der Waals surface area (Å²) in [5, 5.41) is 17.2. The average Bonchev–Trinajstić information content (AvgIpc) is 2.51. The molecule has 0 radical (unpaired) electrons. The van der Waals surface area contributed by atoms with E-state index < -0.39 is 0 Å². The number of allylic oxidation sites excluding steroid dienone is 1. The normalized spacial score (nSPS) is 9.93. The maximum Gasteiger partial charge on any atom is 0.103 e. The van der Waals surface area contributed by atoms with E-state index >= 15 is 0 Å². The fraction of sp³-hybridized carbons (Fsp3) is 0.111. The van der Waals surface area contributed by atoms with Gasteiger partial charge in [0.25, 0.3) is 0 Å². The molecular weight excluding hydrogens is 214 g/mol. The summed E-state index contributed by atoms with van der Waals surface area (Å²) in [6.45, 7) is 0. The molecule has 0 aliphatic heterocycles. The molecule has 2 N–H and O–H groups in total. The Balaban J connectivity index is 3.24. The Bertz CT molecular complexity index is 446. The number of nitriles is 2. The maximum absolute atomic E-state index is 8.84. The van der Waals surface area contributed by atoms with E-state index in [2.05, 4.69) is 6.07 Å². The fourth-order valence-corrected chi connectivity index (χ4v) is 2.69. The molecule has 0 fully saturated rings. The van der Waals surface area contributed by atoms with Gasteiger partial charge in [-0.1, -0.05) is 0 Å². The number of thiophene rings is 1. The molecule has 0 aromatic carbocycles. The number of rotatable bonds is 2. The smallest absolute Gasteiger partial charge is 0.103 e. The monoisotopic (exact) mass is 221 g/mol. The summed E-state index contributed by atoms with van der Waals surface area (Å²) in [5.74, 6) is 0. The molecule has 70 valence electrons. The molecular formula is C9H7N3S2. The molecule has 0 aliphatic rings. The van der Waals surface area contributed by atoms with Gasteiger partial charge in [-0.2, -0.15) is 10.5 Å². The number of thioether (sulfide) groups is 1. The van der Waals surface area contributed by atoms with Gasteiger partial charge < -0.3 is 5.73 Å². The van der Waals surface area contributed by atoms with Crippen LogP contribution in [0.5, 0.6) is 0 Å². The van der Waals surface area contributed by atoms with Crippen molar-refractivity contribution in [2.24, 2.45) is 0 Å². The molecule has 1 aromatic heterocycles. The Morgan fingerprint density at radius 1 is 1.50 bits per heavy atom. The Kier molecular flexibility index (Phi) is 3.58. The van der Waals surface area contributed by atoms with E-state index in [1.165, 1.54) is 29.2 Å². The highest BCUT2D eigenvalue weighted by Crippen LogP contribution is 2.37. The highest BCUT2D eigenvalue weighted by atomic mass is 32.2. The third-order valence-electron chi connectivity index (χ3n) is 1.55. The summed E-state index contributed by atoms with van der Waals surface area (Å²) in [5.41, 5.74) is 6.72. The number of hydrogen-bond donors (Lipinski definition) is 1. The third-order valence-corrected chi connectivity index (χ3v) is 3.84. The first-order valence-electron chi connectivity index (χ1n) is 3.67. The van der Waals surface area contributed by atoms with E-state index in [9.17, 15) is 0 Å². The molecule has 0 atom stereocenters. The Morgan fingerprint density at radius 2 is 2.21 bits per heavy atom. The SMILES string of the molecule is CSc1sc(/C=C/C#N)c(N)c1C#N. The summed E-state index contributed by atoms with van der Waals surface area (Å²) < 4.78 is 0.891. The van der Waals surface area contributed by atoms with Gasteiger partial charge in [0.15, 0.2) is 0 Å². The van der Waals surface area contributed by atoms with Crippen molar-refractivity contribution in [3.05, 3.63) is 16.5 Å². The Labute approximate surface area is 90.5 Å². The summed E-state index contributed by atoms with van der Waals surface area (Å²) in [6, 6.07) is 3.95. The van der Waals surface area contributed by atoms with Crippen LogP contribution >= 0.6 is 23.1 Å². The summed E-state index contributed by atoms with van der Waals surface area (Å²) in [6.07, 6.45) is 4.87. The van der Waals surface area contributed by atoms with Crippen LogP contribution in [-0.2, 0) is 0 Å². The van der Waals surface area contributed by atoms with Crippen molar-refractivity contribution in [1.29, 1.82) is 10.5 Å². The van der Waals surface area contributed by atoms with Gasteiger partial charge in [-0.25, -0.2) is 0 Å². The minimum Gasteiger partial charge on any atom is -0.396 e. The second kappa shape index (κ2) is 4.71. The molecule has 0 amide bonds. The molecule has 0 spiro atoms. The van der Waals surface area contributed by atoms with Gasteiger partial charge in [0.2, 0.25) is 0 Å². The predicted molar refractivity (Wildman–Crippen MR) is 59.9 cm³/mol. The van der Waals surface area contributed by atoms with Crippen molar-refractivity contribution in [3.8, 4) is 12.1 Å². The van der Waals surface area contributed by atoms with E-state index in [0.29, 0.717) is 11.3 Å².